The maximum atomic E-state index is 12.5. The molecular formula is C23H33N3O3. The van der Waals surface area contributed by atoms with Gasteiger partial charge >= 0.3 is 0 Å². The van der Waals surface area contributed by atoms with Gasteiger partial charge in [0, 0.05) is 67.7 Å². The van der Waals surface area contributed by atoms with E-state index in [0.29, 0.717) is 12.5 Å². The van der Waals surface area contributed by atoms with Crippen LogP contribution in [0.5, 0.6) is 5.75 Å². The summed E-state index contributed by atoms with van der Waals surface area (Å²) in [4.78, 5) is 16.9. The number of benzene rings is 1. The fourth-order valence-corrected chi connectivity index (χ4v) is 5.27. The minimum absolute atomic E-state index is 0.0100. The number of likely N-dealkylation sites (tertiary alicyclic amines) is 2. The Morgan fingerprint density at radius 1 is 1.31 bits per heavy atom. The summed E-state index contributed by atoms with van der Waals surface area (Å²) in [7, 11) is 1.70. The second-order valence-corrected chi connectivity index (χ2v) is 9.08. The van der Waals surface area contributed by atoms with Gasteiger partial charge in [-0.1, -0.05) is 13.8 Å². The number of hydrogen-bond donors (Lipinski definition) is 1. The van der Waals surface area contributed by atoms with Gasteiger partial charge in [0.1, 0.15) is 5.75 Å². The molecule has 1 aromatic carbocycles. The van der Waals surface area contributed by atoms with Crippen molar-refractivity contribution in [3.05, 3.63) is 30.0 Å². The summed E-state index contributed by atoms with van der Waals surface area (Å²) >= 11 is 0. The van der Waals surface area contributed by atoms with E-state index >= 15 is 0 Å². The number of ether oxygens (including phenoxy) is 1. The minimum atomic E-state index is -0.189. The molecule has 0 bridgehead atoms. The van der Waals surface area contributed by atoms with Crippen molar-refractivity contribution in [2.24, 2.45) is 17.3 Å². The van der Waals surface area contributed by atoms with Crippen LogP contribution in [0.1, 0.15) is 26.3 Å². The van der Waals surface area contributed by atoms with E-state index in [1.165, 1.54) is 16.5 Å². The van der Waals surface area contributed by atoms with Gasteiger partial charge in [-0.15, -0.1) is 0 Å². The van der Waals surface area contributed by atoms with Crippen molar-refractivity contribution in [1.29, 1.82) is 0 Å². The molecule has 6 heteroatoms. The molecule has 2 fully saturated rings. The molecule has 1 N–H and O–H groups in total. The van der Waals surface area contributed by atoms with Gasteiger partial charge in [0.05, 0.1) is 13.7 Å². The zero-order chi connectivity index (χ0) is 20.8. The smallest absolute Gasteiger partial charge is 0.225 e. The average molecular weight is 400 g/mol. The zero-order valence-corrected chi connectivity index (χ0v) is 18.0. The molecule has 2 atom stereocenters. The van der Waals surface area contributed by atoms with Crippen LogP contribution < -0.4 is 4.74 Å². The van der Waals surface area contributed by atoms with E-state index < -0.39 is 0 Å². The zero-order valence-electron chi connectivity index (χ0n) is 18.0. The molecule has 4 rings (SSSR count). The summed E-state index contributed by atoms with van der Waals surface area (Å²) in [6, 6.07) is 6.27. The monoisotopic (exact) mass is 399 g/mol. The number of amides is 1. The lowest BCUT2D eigenvalue weighted by Crippen LogP contribution is -2.40. The van der Waals surface area contributed by atoms with E-state index in [4.69, 9.17) is 4.74 Å². The topological polar surface area (TPSA) is 57.9 Å². The fourth-order valence-electron chi connectivity index (χ4n) is 5.27. The van der Waals surface area contributed by atoms with Crippen LogP contribution in [-0.4, -0.2) is 65.3 Å². The van der Waals surface area contributed by atoms with Crippen LogP contribution in [0.3, 0.4) is 0 Å². The third-order valence-electron chi connectivity index (χ3n) is 6.86. The van der Waals surface area contributed by atoms with Crippen molar-refractivity contribution in [2.45, 2.75) is 33.9 Å². The highest BCUT2D eigenvalue weighted by atomic mass is 16.5. The third-order valence-corrected chi connectivity index (χ3v) is 6.86. The van der Waals surface area contributed by atoms with Crippen molar-refractivity contribution in [2.75, 3.05) is 39.9 Å². The lowest BCUT2D eigenvalue weighted by atomic mass is 9.82. The first-order valence-electron chi connectivity index (χ1n) is 10.7. The quantitative estimate of drug-likeness (QED) is 0.811. The first-order valence-corrected chi connectivity index (χ1v) is 10.7. The van der Waals surface area contributed by atoms with Crippen LogP contribution in [0.15, 0.2) is 24.4 Å². The molecule has 0 aliphatic carbocycles. The van der Waals surface area contributed by atoms with Gasteiger partial charge in [-0.25, -0.2) is 0 Å². The van der Waals surface area contributed by atoms with Crippen molar-refractivity contribution >= 4 is 16.8 Å². The normalized spacial score (nSPS) is 24.6. The SMILES string of the molecule is CCn1cc(CN2C[C@H]3CN(C(=O)C(C)C)C[C@@]3(CO)C2)c2cc(OC)ccc21. The number of methoxy groups -OCH3 is 1. The second-order valence-electron chi connectivity index (χ2n) is 9.08. The average Bonchev–Trinajstić information content (AvgIpc) is 3.35. The van der Waals surface area contributed by atoms with Crippen molar-refractivity contribution < 1.29 is 14.6 Å². The Balaban J connectivity index is 1.55. The molecule has 2 aliphatic heterocycles. The third kappa shape index (κ3) is 3.42. The molecule has 29 heavy (non-hydrogen) atoms. The summed E-state index contributed by atoms with van der Waals surface area (Å²) in [6.45, 7) is 11.2. The van der Waals surface area contributed by atoms with Gasteiger partial charge in [0.2, 0.25) is 5.91 Å². The maximum Gasteiger partial charge on any atom is 0.225 e. The van der Waals surface area contributed by atoms with E-state index in [1.807, 2.05) is 24.8 Å². The highest BCUT2D eigenvalue weighted by molar-refractivity contribution is 5.85. The molecule has 0 spiro atoms. The largest absolute Gasteiger partial charge is 0.497 e. The van der Waals surface area contributed by atoms with Gasteiger partial charge in [0.25, 0.3) is 0 Å². The second kappa shape index (κ2) is 7.65. The lowest BCUT2D eigenvalue weighted by molar-refractivity contribution is -0.134. The Kier molecular flexibility index (Phi) is 5.34. The van der Waals surface area contributed by atoms with E-state index in [0.717, 1.165) is 38.5 Å². The number of aryl methyl sites for hydroxylation is 1. The molecule has 1 amide bonds. The van der Waals surface area contributed by atoms with Crippen LogP contribution in [0.25, 0.3) is 10.9 Å². The molecule has 158 valence electrons. The Morgan fingerprint density at radius 3 is 2.72 bits per heavy atom. The predicted molar refractivity (Wildman–Crippen MR) is 114 cm³/mol. The van der Waals surface area contributed by atoms with Gasteiger partial charge < -0.3 is 19.3 Å². The van der Waals surface area contributed by atoms with Crippen LogP contribution >= 0.6 is 0 Å². The number of hydrogen-bond acceptors (Lipinski definition) is 4. The van der Waals surface area contributed by atoms with E-state index in [1.54, 1.807) is 7.11 Å². The molecular weight excluding hydrogens is 366 g/mol. The lowest BCUT2D eigenvalue weighted by Gasteiger charge is -2.28. The van der Waals surface area contributed by atoms with Gasteiger partial charge in [-0.3, -0.25) is 9.69 Å². The van der Waals surface area contributed by atoms with Crippen LogP contribution in [-0.2, 0) is 17.9 Å². The Labute approximate surface area is 173 Å². The number of fused-ring (bicyclic) bond motifs is 2. The number of aliphatic hydroxyl groups excluding tert-OH is 1. The Hall–Kier alpha value is -2.05. The Morgan fingerprint density at radius 2 is 2.10 bits per heavy atom. The highest BCUT2D eigenvalue weighted by Gasteiger charge is 2.53. The molecule has 3 heterocycles. The number of rotatable bonds is 6. The molecule has 1 aromatic heterocycles. The van der Waals surface area contributed by atoms with Crippen molar-refractivity contribution in [3.8, 4) is 5.75 Å². The number of carbonyl (C=O) groups excluding carboxylic acids is 1. The Bertz CT molecular complexity index is 906. The van der Waals surface area contributed by atoms with Gasteiger partial charge in [-0.05, 0) is 36.6 Å². The summed E-state index contributed by atoms with van der Waals surface area (Å²) in [5, 5.41) is 11.5. The summed E-state index contributed by atoms with van der Waals surface area (Å²) in [5.74, 6) is 1.43. The molecule has 6 nitrogen and oxygen atoms in total. The molecule has 2 aliphatic rings. The summed E-state index contributed by atoms with van der Waals surface area (Å²) in [5.41, 5.74) is 2.34. The maximum absolute atomic E-state index is 12.5. The number of aromatic nitrogens is 1. The number of nitrogens with zero attached hydrogens (tertiary/aromatic N) is 3. The number of carbonyl (C=O) groups is 1. The standard InChI is InChI=1S/C23H33N3O3/c1-5-25-10-17(20-8-19(29-4)6-7-21(20)25)9-24-11-18-12-26(22(28)16(2)3)14-23(18,13-24)15-27/h6-8,10,16,18,27H,5,9,11-15H2,1-4H3/t18-,23+/m0/s1. The van der Waals surface area contributed by atoms with Gasteiger partial charge in [0.15, 0.2) is 0 Å². The van der Waals surface area contributed by atoms with Crippen molar-refractivity contribution in [1.82, 2.24) is 14.4 Å². The van der Waals surface area contributed by atoms with Crippen LogP contribution in [0.4, 0.5) is 0 Å². The molecule has 0 unspecified atom stereocenters. The summed E-state index contributed by atoms with van der Waals surface area (Å²) < 4.78 is 7.73. The fraction of sp³-hybridized carbons (Fsp3) is 0.609. The van der Waals surface area contributed by atoms with Gasteiger partial charge in [-0.2, -0.15) is 0 Å². The minimum Gasteiger partial charge on any atom is -0.497 e. The van der Waals surface area contributed by atoms with Crippen LogP contribution in [0, 0.1) is 17.3 Å². The van der Waals surface area contributed by atoms with E-state index in [9.17, 15) is 9.90 Å². The van der Waals surface area contributed by atoms with Crippen molar-refractivity contribution in [3.63, 3.8) is 0 Å². The number of aliphatic hydroxyl groups is 1. The first kappa shape index (κ1) is 20.2. The first-order chi connectivity index (χ1) is 13.9. The molecule has 0 saturated carbocycles. The highest BCUT2D eigenvalue weighted by Crippen LogP contribution is 2.43. The summed E-state index contributed by atoms with van der Waals surface area (Å²) in [6.07, 6.45) is 2.25. The van der Waals surface area contributed by atoms with Crippen LogP contribution in [0.2, 0.25) is 0 Å². The van der Waals surface area contributed by atoms with E-state index in [2.05, 4.69) is 34.7 Å². The molecule has 2 saturated heterocycles. The molecule has 0 radical (unpaired) electrons. The predicted octanol–water partition coefficient (Wildman–Crippen LogP) is 2.58. The van der Waals surface area contributed by atoms with E-state index in [-0.39, 0.29) is 23.8 Å². The molecule has 2 aromatic rings.